The van der Waals surface area contributed by atoms with E-state index in [1.54, 1.807) is 11.1 Å². The fourth-order valence-corrected chi connectivity index (χ4v) is 3.24. The second kappa shape index (κ2) is 3.35. The van der Waals surface area contributed by atoms with Crippen molar-refractivity contribution >= 4 is 5.57 Å². The maximum Gasteiger partial charge on any atom is 0.0117 e. The lowest BCUT2D eigenvalue weighted by atomic mass is 9.79. The highest BCUT2D eigenvalue weighted by molar-refractivity contribution is 5.81. The smallest absolute Gasteiger partial charge is 0.0117 e. The third kappa shape index (κ3) is 1.22. The maximum atomic E-state index is 2.37. The Bertz CT molecular complexity index is 487. The van der Waals surface area contributed by atoms with Crippen LogP contribution in [0.3, 0.4) is 0 Å². The molecule has 0 saturated carbocycles. The van der Waals surface area contributed by atoms with Crippen molar-refractivity contribution in [3.63, 3.8) is 0 Å². The van der Waals surface area contributed by atoms with Gasteiger partial charge in [-0.25, -0.2) is 0 Å². The van der Waals surface area contributed by atoms with Crippen molar-refractivity contribution < 1.29 is 0 Å². The topological polar surface area (TPSA) is 0 Å². The van der Waals surface area contributed by atoms with Gasteiger partial charge in [0.2, 0.25) is 0 Å². The largest absolute Gasteiger partial charge is 0.0879 e. The number of hydrogen-bond acceptors (Lipinski definition) is 0. The molecule has 16 heavy (non-hydrogen) atoms. The quantitative estimate of drug-likeness (QED) is 0.554. The van der Waals surface area contributed by atoms with Crippen molar-refractivity contribution in [1.29, 1.82) is 0 Å². The Balaban J connectivity index is 2.23. The molecule has 0 fully saturated rings. The van der Waals surface area contributed by atoms with Gasteiger partial charge in [-0.05, 0) is 36.0 Å². The normalized spacial score (nSPS) is 21.6. The Morgan fingerprint density at radius 1 is 1.06 bits per heavy atom. The molecular formula is C16H18. The number of allylic oxidation sites excluding steroid dienone is 4. The van der Waals surface area contributed by atoms with Gasteiger partial charge in [-0.15, -0.1) is 0 Å². The molecule has 1 aromatic rings. The molecule has 0 unspecified atom stereocenters. The third-order valence-corrected chi connectivity index (χ3v) is 4.09. The first-order chi connectivity index (χ1) is 7.71. The molecule has 0 bridgehead atoms. The molecule has 0 atom stereocenters. The van der Waals surface area contributed by atoms with Crippen LogP contribution in [0.5, 0.6) is 0 Å². The Morgan fingerprint density at radius 3 is 2.75 bits per heavy atom. The highest BCUT2D eigenvalue weighted by Gasteiger charge is 2.36. The van der Waals surface area contributed by atoms with Crippen LogP contribution in [0.2, 0.25) is 0 Å². The van der Waals surface area contributed by atoms with E-state index in [0.717, 1.165) is 6.42 Å². The number of fused-ring (bicyclic) bond motifs is 2. The fraction of sp³-hybridized carbons (Fsp3) is 0.375. The van der Waals surface area contributed by atoms with Gasteiger partial charge in [0.15, 0.2) is 0 Å². The summed E-state index contributed by atoms with van der Waals surface area (Å²) in [5.74, 6) is 0. The van der Waals surface area contributed by atoms with E-state index in [1.807, 2.05) is 0 Å². The Labute approximate surface area is 97.7 Å². The standard InChI is InChI=1S/C16H18/c1-16(2)14-10-5-3-4-8-12(14)13-9-6-7-11-15(13)16/h3-4,6-7,9,11H,5,8,10H2,1-2H3. The molecule has 0 heteroatoms. The first kappa shape index (κ1) is 9.89. The molecule has 82 valence electrons. The predicted octanol–water partition coefficient (Wildman–Crippen LogP) is 4.47. The van der Waals surface area contributed by atoms with E-state index in [2.05, 4.69) is 50.3 Å². The molecule has 0 aromatic heterocycles. The summed E-state index contributed by atoms with van der Waals surface area (Å²) in [6.07, 6.45) is 8.22. The summed E-state index contributed by atoms with van der Waals surface area (Å²) in [5.41, 5.74) is 6.52. The molecular weight excluding hydrogens is 192 g/mol. The summed E-state index contributed by atoms with van der Waals surface area (Å²) >= 11 is 0. The van der Waals surface area contributed by atoms with Gasteiger partial charge >= 0.3 is 0 Å². The van der Waals surface area contributed by atoms with Crippen LogP contribution in [0.4, 0.5) is 0 Å². The van der Waals surface area contributed by atoms with Gasteiger partial charge in [0.25, 0.3) is 0 Å². The van der Waals surface area contributed by atoms with Crippen molar-refractivity contribution in [2.75, 3.05) is 0 Å². The van der Waals surface area contributed by atoms with E-state index in [1.165, 1.54) is 24.0 Å². The highest BCUT2D eigenvalue weighted by atomic mass is 14.4. The van der Waals surface area contributed by atoms with Gasteiger partial charge in [0, 0.05) is 5.41 Å². The van der Waals surface area contributed by atoms with E-state index in [-0.39, 0.29) is 5.41 Å². The molecule has 0 nitrogen and oxygen atoms in total. The van der Waals surface area contributed by atoms with Gasteiger partial charge in [0.1, 0.15) is 0 Å². The van der Waals surface area contributed by atoms with Crippen molar-refractivity contribution in [3.05, 3.63) is 53.1 Å². The van der Waals surface area contributed by atoms with Crippen LogP contribution in [0, 0.1) is 0 Å². The van der Waals surface area contributed by atoms with Gasteiger partial charge in [-0.2, -0.15) is 0 Å². The third-order valence-electron chi connectivity index (χ3n) is 4.09. The van der Waals surface area contributed by atoms with Crippen molar-refractivity contribution in [2.45, 2.75) is 38.5 Å². The van der Waals surface area contributed by atoms with Crippen molar-refractivity contribution in [2.24, 2.45) is 0 Å². The van der Waals surface area contributed by atoms with Gasteiger partial charge in [-0.1, -0.05) is 55.8 Å². The van der Waals surface area contributed by atoms with E-state index >= 15 is 0 Å². The van der Waals surface area contributed by atoms with E-state index in [4.69, 9.17) is 0 Å². The summed E-state index contributed by atoms with van der Waals surface area (Å²) < 4.78 is 0. The summed E-state index contributed by atoms with van der Waals surface area (Å²) in [6.45, 7) is 4.75. The molecule has 3 rings (SSSR count). The number of hydrogen-bond donors (Lipinski definition) is 0. The van der Waals surface area contributed by atoms with Crippen LogP contribution in [-0.2, 0) is 5.41 Å². The van der Waals surface area contributed by atoms with Gasteiger partial charge < -0.3 is 0 Å². The first-order valence-electron chi connectivity index (χ1n) is 6.18. The molecule has 0 saturated heterocycles. The molecule has 2 aliphatic rings. The molecule has 0 N–H and O–H groups in total. The van der Waals surface area contributed by atoms with E-state index < -0.39 is 0 Å². The SMILES string of the molecule is CC1(C)C2=C(CC=CCC2)c2ccccc21. The predicted molar refractivity (Wildman–Crippen MR) is 69.4 cm³/mol. The maximum absolute atomic E-state index is 2.37. The van der Waals surface area contributed by atoms with Gasteiger partial charge in [0.05, 0.1) is 0 Å². The van der Waals surface area contributed by atoms with E-state index in [0.29, 0.717) is 0 Å². The zero-order valence-corrected chi connectivity index (χ0v) is 10.1. The Morgan fingerprint density at radius 2 is 1.88 bits per heavy atom. The second-order valence-electron chi connectivity index (χ2n) is 5.34. The van der Waals surface area contributed by atoms with Crippen LogP contribution in [0.15, 0.2) is 42.0 Å². The summed E-state index contributed by atoms with van der Waals surface area (Å²) in [5, 5.41) is 0. The molecule has 0 aliphatic heterocycles. The van der Waals surface area contributed by atoms with Crippen LogP contribution < -0.4 is 0 Å². The lowest BCUT2D eigenvalue weighted by molar-refractivity contribution is 0.609. The number of benzene rings is 1. The molecule has 0 amide bonds. The van der Waals surface area contributed by atoms with Crippen LogP contribution in [0.25, 0.3) is 5.57 Å². The average molecular weight is 210 g/mol. The average Bonchev–Trinajstić information content (AvgIpc) is 2.50. The van der Waals surface area contributed by atoms with Crippen molar-refractivity contribution in [1.82, 2.24) is 0 Å². The van der Waals surface area contributed by atoms with Crippen LogP contribution >= 0.6 is 0 Å². The molecule has 1 aromatic carbocycles. The van der Waals surface area contributed by atoms with E-state index in [9.17, 15) is 0 Å². The second-order valence-corrected chi connectivity index (χ2v) is 5.34. The Kier molecular flexibility index (Phi) is 2.07. The Hall–Kier alpha value is -1.30. The molecule has 0 heterocycles. The minimum Gasteiger partial charge on any atom is -0.0879 e. The summed E-state index contributed by atoms with van der Waals surface area (Å²) in [7, 11) is 0. The minimum absolute atomic E-state index is 0.248. The first-order valence-corrected chi connectivity index (χ1v) is 6.18. The molecule has 0 radical (unpaired) electrons. The monoisotopic (exact) mass is 210 g/mol. The van der Waals surface area contributed by atoms with Crippen LogP contribution in [-0.4, -0.2) is 0 Å². The fourth-order valence-electron chi connectivity index (χ4n) is 3.24. The van der Waals surface area contributed by atoms with Gasteiger partial charge in [-0.3, -0.25) is 0 Å². The zero-order valence-electron chi connectivity index (χ0n) is 10.1. The molecule has 0 spiro atoms. The lowest BCUT2D eigenvalue weighted by Crippen LogP contribution is -2.17. The lowest BCUT2D eigenvalue weighted by Gasteiger charge is -2.24. The summed E-state index contributed by atoms with van der Waals surface area (Å²) in [6, 6.07) is 8.93. The highest BCUT2D eigenvalue weighted by Crippen LogP contribution is 2.49. The molecule has 2 aliphatic carbocycles. The van der Waals surface area contributed by atoms with Crippen molar-refractivity contribution in [3.8, 4) is 0 Å². The minimum atomic E-state index is 0.248. The summed E-state index contributed by atoms with van der Waals surface area (Å²) in [4.78, 5) is 0. The zero-order chi connectivity index (χ0) is 11.2. The van der Waals surface area contributed by atoms with Crippen LogP contribution in [0.1, 0.15) is 44.2 Å². The number of rotatable bonds is 0.